The molecule has 16 heavy (non-hydrogen) atoms. The van der Waals surface area contributed by atoms with Crippen LogP contribution in [0.3, 0.4) is 0 Å². The molecule has 0 saturated carbocycles. The van der Waals surface area contributed by atoms with Crippen molar-refractivity contribution in [3.8, 4) is 6.07 Å². The van der Waals surface area contributed by atoms with Crippen LogP contribution < -0.4 is 5.01 Å². The van der Waals surface area contributed by atoms with Crippen LogP contribution in [-0.4, -0.2) is 12.3 Å². The first kappa shape index (κ1) is 10.7. The Bertz CT molecular complexity index is 511. The Morgan fingerprint density at radius 3 is 2.94 bits per heavy atom. The van der Waals surface area contributed by atoms with E-state index in [4.69, 9.17) is 16.9 Å². The fraction of sp³-hybridized carbons (Fsp3) is 0.167. The number of nitrogens with zero attached hydrogens (tertiary/aromatic N) is 3. The molecule has 1 aromatic rings. The van der Waals surface area contributed by atoms with Gasteiger partial charge in [-0.3, -0.25) is 5.01 Å². The molecular weight excluding hydrogens is 222 g/mol. The molecule has 0 unspecified atom stereocenters. The maximum atomic E-state index is 8.74. The summed E-state index contributed by atoms with van der Waals surface area (Å²) in [5, 5.41) is 15.5. The summed E-state index contributed by atoms with van der Waals surface area (Å²) in [6.45, 7) is 2.63. The predicted octanol–water partition coefficient (Wildman–Crippen LogP) is 2.96. The van der Waals surface area contributed by atoms with Crippen molar-refractivity contribution in [2.24, 2.45) is 5.10 Å². The monoisotopic (exact) mass is 231 g/mol. The molecular formula is C12H10ClN3. The SMILES string of the molecule is CC1=NN(c2ccc(C#N)cc2Cl)CC=C1. The first-order chi connectivity index (χ1) is 7.70. The van der Waals surface area contributed by atoms with Crippen LogP contribution in [-0.2, 0) is 0 Å². The number of halogens is 1. The van der Waals surface area contributed by atoms with Gasteiger partial charge in [0, 0.05) is 0 Å². The van der Waals surface area contributed by atoms with Gasteiger partial charge in [0.2, 0.25) is 0 Å². The summed E-state index contributed by atoms with van der Waals surface area (Å²) >= 11 is 6.10. The highest BCUT2D eigenvalue weighted by atomic mass is 35.5. The standard InChI is InChI=1S/C12H10ClN3/c1-9-3-2-6-16(15-9)12-5-4-10(8-14)7-11(12)13/h2-5,7H,6H2,1H3. The van der Waals surface area contributed by atoms with E-state index in [1.54, 1.807) is 12.1 Å². The lowest BCUT2D eigenvalue weighted by Crippen LogP contribution is -2.21. The number of benzene rings is 1. The third kappa shape index (κ3) is 2.07. The van der Waals surface area contributed by atoms with Gasteiger partial charge in [-0.2, -0.15) is 10.4 Å². The molecule has 0 saturated heterocycles. The number of hydrogen-bond donors (Lipinski definition) is 0. The molecule has 2 rings (SSSR count). The molecule has 1 aromatic carbocycles. The lowest BCUT2D eigenvalue weighted by atomic mass is 10.2. The minimum Gasteiger partial charge on any atom is -0.260 e. The molecule has 0 radical (unpaired) electrons. The van der Waals surface area contributed by atoms with Crippen molar-refractivity contribution >= 4 is 23.0 Å². The van der Waals surface area contributed by atoms with Gasteiger partial charge in [-0.25, -0.2) is 0 Å². The highest BCUT2D eigenvalue weighted by Gasteiger charge is 2.11. The second-order valence-electron chi connectivity index (χ2n) is 3.50. The Morgan fingerprint density at radius 2 is 2.31 bits per heavy atom. The highest BCUT2D eigenvalue weighted by Crippen LogP contribution is 2.27. The molecule has 1 aliphatic rings. The second-order valence-corrected chi connectivity index (χ2v) is 3.91. The summed E-state index contributed by atoms with van der Waals surface area (Å²) in [7, 11) is 0. The zero-order chi connectivity index (χ0) is 11.5. The van der Waals surface area contributed by atoms with Crippen molar-refractivity contribution in [1.29, 1.82) is 5.26 Å². The van der Waals surface area contributed by atoms with Crippen molar-refractivity contribution in [2.45, 2.75) is 6.92 Å². The van der Waals surface area contributed by atoms with Crippen LogP contribution in [0.1, 0.15) is 12.5 Å². The Labute approximate surface area is 99.2 Å². The second kappa shape index (κ2) is 4.38. The number of nitriles is 1. The van der Waals surface area contributed by atoms with Gasteiger partial charge in [-0.05, 0) is 31.2 Å². The van der Waals surface area contributed by atoms with Crippen LogP contribution in [0.5, 0.6) is 0 Å². The average Bonchev–Trinajstić information content (AvgIpc) is 2.28. The molecule has 0 fully saturated rings. The first-order valence-corrected chi connectivity index (χ1v) is 5.27. The predicted molar refractivity (Wildman–Crippen MR) is 65.8 cm³/mol. The fourth-order valence-electron chi connectivity index (χ4n) is 1.53. The van der Waals surface area contributed by atoms with Gasteiger partial charge in [-0.1, -0.05) is 17.7 Å². The summed E-state index contributed by atoms with van der Waals surface area (Å²) in [5.41, 5.74) is 2.32. The minimum atomic E-state index is 0.547. The lowest BCUT2D eigenvalue weighted by Gasteiger charge is -2.21. The van der Waals surface area contributed by atoms with Gasteiger partial charge in [0.1, 0.15) is 0 Å². The molecule has 0 N–H and O–H groups in total. The normalized spacial score (nSPS) is 14.6. The van der Waals surface area contributed by atoms with Crippen LogP contribution in [0.15, 0.2) is 35.5 Å². The Kier molecular flexibility index (Phi) is 2.93. The molecule has 1 aliphatic heterocycles. The van der Waals surface area contributed by atoms with Gasteiger partial charge in [0.05, 0.1) is 34.6 Å². The molecule has 0 amide bonds. The van der Waals surface area contributed by atoms with Crippen molar-refractivity contribution in [3.05, 3.63) is 40.9 Å². The molecule has 4 heteroatoms. The van der Waals surface area contributed by atoms with Crippen molar-refractivity contribution in [1.82, 2.24) is 0 Å². The Morgan fingerprint density at radius 1 is 1.50 bits per heavy atom. The molecule has 80 valence electrons. The number of allylic oxidation sites excluding steroid dienone is 1. The van der Waals surface area contributed by atoms with Gasteiger partial charge in [0.25, 0.3) is 0 Å². The third-order valence-electron chi connectivity index (χ3n) is 2.27. The summed E-state index contributed by atoms with van der Waals surface area (Å²) in [6.07, 6.45) is 3.99. The minimum absolute atomic E-state index is 0.547. The van der Waals surface area contributed by atoms with E-state index >= 15 is 0 Å². The van der Waals surface area contributed by atoms with Gasteiger partial charge >= 0.3 is 0 Å². The maximum Gasteiger partial charge on any atom is 0.0992 e. The zero-order valence-electron chi connectivity index (χ0n) is 8.81. The van der Waals surface area contributed by atoms with E-state index in [1.807, 2.05) is 30.2 Å². The number of anilines is 1. The number of rotatable bonds is 1. The summed E-state index contributed by atoms with van der Waals surface area (Å²) < 4.78 is 0. The first-order valence-electron chi connectivity index (χ1n) is 4.89. The van der Waals surface area contributed by atoms with Crippen molar-refractivity contribution in [2.75, 3.05) is 11.6 Å². The zero-order valence-corrected chi connectivity index (χ0v) is 9.57. The molecule has 0 spiro atoms. The molecule has 0 bridgehead atoms. The van der Waals surface area contributed by atoms with Crippen LogP contribution in [0, 0.1) is 11.3 Å². The van der Waals surface area contributed by atoms with Crippen LogP contribution in [0.4, 0.5) is 5.69 Å². The van der Waals surface area contributed by atoms with Crippen LogP contribution in [0.2, 0.25) is 5.02 Å². The summed E-state index contributed by atoms with van der Waals surface area (Å²) in [4.78, 5) is 0. The number of hydrazone groups is 1. The van der Waals surface area contributed by atoms with E-state index in [1.165, 1.54) is 0 Å². The largest absolute Gasteiger partial charge is 0.260 e. The van der Waals surface area contributed by atoms with Crippen molar-refractivity contribution in [3.63, 3.8) is 0 Å². The Balaban J connectivity index is 2.35. The van der Waals surface area contributed by atoms with E-state index in [2.05, 4.69) is 11.2 Å². The van der Waals surface area contributed by atoms with E-state index in [-0.39, 0.29) is 0 Å². The van der Waals surface area contributed by atoms with E-state index in [0.717, 1.165) is 11.4 Å². The number of hydrogen-bond acceptors (Lipinski definition) is 3. The average molecular weight is 232 g/mol. The quantitative estimate of drug-likeness (QED) is 0.746. The molecule has 0 atom stereocenters. The summed E-state index contributed by atoms with van der Waals surface area (Å²) in [6, 6.07) is 7.26. The maximum absolute atomic E-state index is 8.74. The Hall–Kier alpha value is -1.79. The fourth-order valence-corrected chi connectivity index (χ4v) is 1.80. The van der Waals surface area contributed by atoms with E-state index < -0.39 is 0 Å². The van der Waals surface area contributed by atoms with Crippen LogP contribution in [0.25, 0.3) is 0 Å². The lowest BCUT2D eigenvalue weighted by molar-refractivity contribution is 0.928. The highest BCUT2D eigenvalue weighted by molar-refractivity contribution is 6.33. The van der Waals surface area contributed by atoms with Gasteiger partial charge < -0.3 is 0 Å². The van der Waals surface area contributed by atoms with E-state index in [9.17, 15) is 0 Å². The van der Waals surface area contributed by atoms with Gasteiger partial charge in [-0.15, -0.1) is 0 Å². The smallest absolute Gasteiger partial charge is 0.0992 e. The molecule has 0 aromatic heterocycles. The van der Waals surface area contributed by atoms with E-state index in [0.29, 0.717) is 17.1 Å². The third-order valence-corrected chi connectivity index (χ3v) is 2.57. The summed E-state index contributed by atoms with van der Waals surface area (Å²) in [5.74, 6) is 0. The molecule has 3 nitrogen and oxygen atoms in total. The molecule has 1 heterocycles. The van der Waals surface area contributed by atoms with Gasteiger partial charge in [0.15, 0.2) is 0 Å². The van der Waals surface area contributed by atoms with Crippen molar-refractivity contribution < 1.29 is 0 Å². The topological polar surface area (TPSA) is 39.4 Å². The molecule has 0 aliphatic carbocycles. The van der Waals surface area contributed by atoms with Crippen LogP contribution >= 0.6 is 11.6 Å².